The summed E-state index contributed by atoms with van der Waals surface area (Å²) in [5.74, 6) is -1.13. The molecule has 1 atom stereocenters. The number of benzene rings is 2. The van der Waals surface area contributed by atoms with Crippen molar-refractivity contribution in [2.24, 2.45) is 5.92 Å². The summed E-state index contributed by atoms with van der Waals surface area (Å²) in [4.78, 5) is 43.1. The van der Waals surface area contributed by atoms with Gasteiger partial charge in [0.2, 0.25) is 5.91 Å². The van der Waals surface area contributed by atoms with E-state index in [1.807, 2.05) is 0 Å². The lowest BCUT2D eigenvalue weighted by molar-refractivity contribution is -0.140. The van der Waals surface area contributed by atoms with E-state index in [1.54, 1.807) is 36.1 Å². The van der Waals surface area contributed by atoms with E-state index >= 15 is 0 Å². The summed E-state index contributed by atoms with van der Waals surface area (Å²) in [5.41, 5.74) is 0.834. The molecule has 3 aliphatic rings. The van der Waals surface area contributed by atoms with Crippen LogP contribution in [0.4, 0.5) is 13.6 Å². The van der Waals surface area contributed by atoms with E-state index in [0.717, 1.165) is 28.9 Å². The number of piperazine rings is 1. The minimum Gasteiger partial charge on any atom is -0.339 e. The summed E-state index contributed by atoms with van der Waals surface area (Å²) in [7, 11) is 0. The molecule has 0 radical (unpaired) electrons. The second kappa shape index (κ2) is 9.03. The second-order valence-corrected chi connectivity index (χ2v) is 9.72. The van der Waals surface area contributed by atoms with Gasteiger partial charge in [-0.25, -0.2) is 13.6 Å². The molecule has 9 heteroatoms. The predicted octanol–water partition coefficient (Wildman–Crippen LogP) is 2.92. The standard InChI is InChI=1S/C26H28F2N4O3/c1-26(19-6-7-19)24(34)32(25(35)29-26)16-22(33)30-12-14-31(15-13-30)23(17-2-8-20(27)9-3-17)18-4-10-21(28)11-5-18/h2-5,8-11,19,23H,6-7,12-16H2,1H3,(H,29,35)/t26-/m0/s1. The highest BCUT2D eigenvalue weighted by Gasteiger charge is 2.56. The van der Waals surface area contributed by atoms with Gasteiger partial charge in [-0.2, -0.15) is 0 Å². The Morgan fingerprint density at radius 2 is 1.46 bits per heavy atom. The molecule has 2 aromatic carbocycles. The van der Waals surface area contributed by atoms with Gasteiger partial charge in [-0.3, -0.25) is 19.4 Å². The molecule has 35 heavy (non-hydrogen) atoms. The van der Waals surface area contributed by atoms with E-state index in [0.29, 0.717) is 26.2 Å². The monoisotopic (exact) mass is 482 g/mol. The molecular weight excluding hydrogens is 454 g/mol. The van der Waals surface area contributed by atoms with Crippen molar-refractivity contribution >= 4 is 17.8 Å². The number of hydrogen-bond acceptors (Lipinski definition) is 4. The lowest BCUT2D eigenvalue weighted by atomic mass is 9.96. The number of carbonyl (C=O) groups is 3. The topological polar surface area (TPSA) is 73.0 Å². The van der Waals surface area contributed by atoms with Gasteiger partial charge in [0, 0.05) is 26.2 Å². The van der Waals surface area contributed by atoms with Crippen molar-refractivity contribution in [3.8, 4) is 0 Å². The first-order valence-corrected chi connectivity index (χ1v) is 11.9. The maximum Gasteiger partial charge on any atom is 0.325 e. The number of urea groups is 1. The van der Waals surface area contributed by atoms with Crippen molar-refractivity contribution < 1.29 is 23.2 Å². The number of amides is 4. The van der Waals surface area contributed by atoms with E-state index in [2.05, 4.69) is 10.2 Å². The van der Waals surface area contributed by atoms with E-state index in [1.165, 1.54) is 24.3 Å². The molecule has 2 aliphatic heterocycles. The molecule has 2 heterocycles. The molecule has 7 nitrogen and oxygen atoms in total. The molecule has 2 aromatic rings. The Bertz CT molecular complexity index is 1080. The zero-order valence-corrected chi connectivity index (χ0v) is 19.5. The van der Waals surface area contributed by atoms with Crippen LogP contribution in [0.15, 0.2) is 48.5 Å². The quantitative estimate of drug-likeness (QED) is 0.643. The van der Waals surface area contributed by atoms with Gasteiger partial charge in [0.15, 0.2) is 0 Å². The van der Waals surface area contributed by atoms with E-state index < -0.39 is 11.6 Å². The van der Waals surface area contributed by atoms with E-state index in [-0.39, 0.29) is 42.0 Å². The molecule has 5 rings (SSSR count). The smallest absolute Gasteiger partial charge is 0.325 e. The number of rotatable bonds is 6. The number of hydrogen-bond donors (Lipinski definition) is 1. The van der Waals surface area contributed by atoms with Crippen molar-refractivity contribution in [1.29, 1.82) is 0 Å². The molecule has 1 aliphatic carbocycles. The molecule has 184 valence electrons. The first-order chi connectivity index (χ1) is 16.8. The van der Waals surface area contributed by atoms with Crippen LogP contribution in [0.3, 0.4) is 0 Å². The van der Waals surface area contributed by atoms with Crippen LogP contribution < -0.4 is 5.32 Å². The largest absolute Gasteiger partial charge is 0.339 e. The Morgan fingerprint density at radius 3 is 1.94 bits per heavy atom. The molecule has 0 bridgehead atoms. The van der Waals surface area contributed by atoms with Crippen LogP contribution in [0.25, 0.3) is 0 Å². The Labute approximate surface area is 202 Å². The van der Waals surface area contributed by atoms with Crippen molar-refractivity contribution in [2.45, 2.75) is 31.3 Å². The highest BCUT2D eigenvalue weighted by atomic mass is 19.1. The number of carbonyl (C=O) groups excluding carboxylic acids is 3. The minimum atomic E-state index is -0.909. The first-order valence-electron chi connectivity index (χ1n) is 11.9. The molecule has 3 fully saturated rings. The maximum absolute atomic E-state index is 13.5. The van der Waals surface area contributed by atoms with Crippen molar-refractivity contribution in [3.63, 3.8) is 0 Å². The summed E-state index contributed by atoms with van der Waals surface area (Å²) >= 11 is 0. The normalized spacial score (nSPS) is 23.2. The second-order valence-electron chi connectivity index (χ2n) is 9.72. The van der Waals surface area contributed by atoms with Crippen molar-refractivity contribution in [3.05, 3.63) is 71.3 Å². The number of imide groups is 1. The molecule has 0 aromatic heterocycles. The van der Waals surface area contributed by atoms with Crippen molar-refractivity contribution in [2.75, 3.05) is 32.7 Å². The lowest BCUT2D eigenvalue weighted by Gasteiger charge is -2.40. The molecule has 0 spiro atoms. The molecule has 2 saturated heterocycles. The van der Waals surface area contributed by atoms with Gasteiger partial charge < -0.3 is 10.2 Å². The fourth-order valence-electron chi connectivity index (χ4n) is 5.17. The fourth-order valence-corrected chi connectivity index (χ4v) is 5.17. The number of halogens is 2. The molecule has 0 unspecified atom stereocenters. The Morgan fingerprint density at radius 1 is 0.943 bits per heavy atom. The van der Waals surface area contributed by atoms with Gasteiger partial charge in [-0.15, -0.1) is 0 Å². The van der Waals surface area contributed by atoms with Gasteiger partial charge >= 0.3 is 6.03 Å². The van der Waals surface area contributed by atoms with Crippen LogP contribution in [-0.2, 0) is 9.59 Å². The number of nitrogens with zero attached hydrogens (tertiary/aromatic N) is 3. The number of nitrogens with one attached hydrogen (secondary N) is 1. The van der Waals surface area contributed by atoms with Gasteiger partial charge in [0.05, 0.1) is 6.04 Å². The zero-order chi connectivity index (χ0) is 24.7. The molecular formula is C26H28F2N4O3. The summed E-state index contributed by atoms with van der Waals surface area (Å²) in [5, 5.41) is 2.77. The third-order valence-corrected chi connectivity index (χ3v) is 7.39. The van der Waals surface area contributed by atoms with Gasteiger partial charge in [0.25, 0.3) is 5.91 Å². The third-order valence-electron chi connectivity index (χ3n) is 7.39. The van der Waals surface area contributed by atoms with Gasteiger partial charge in [0.1, 0.15) is 23.7 Å². The Kier molecular flexibility index (Phi) is 6.04. The van der Waals surface area contributed by atoms with E-state index in [9.17, 15) is 23.2 Å². The Hall–Kier alpha value is -3.33. The third kappa shape index (κ3) is 4.52. The zero-order valence-electron chi connectivity index (χ0n) is 19.5. The van der Waals surface area contributed by atoms with Crippen LogP contribution in [0.2, 0.25) is 0 Å². The van der Waals surface area contributed by atoms with Crippen LogP contribution in [-0.4, -0.2) is 70.8 Å². The molecule has 1 N–H and O–H groups in total. The van der Waals surface area contributed by atoms with E-state index in [4.69, 9.17) is 0 Å². The van der Waals surface area contributed by atoms with Gasteiger partial charge in [-0.1, -0.05) is 24.3 Å². The molecule has 4 amide bonds. The average Bonchev–Trinajstić information content (AvgIpc) is 3.68. The summed E-state index contributed by atoms with van der Waals surface area (Å²) in [6.45, 7) is 3.37. The highest BCUT2D eigenvalue weighted by Crippen LogP contribution is 2.42. The highest BCUT2D eigenvalue weighted by molar-refractivity contribution is 6.09. The lowest BCUT2D eigenvalue weighted by Crippen LogP contribution is -2.53. The van der Waals surface area contributed by atoms with Crippen LogP contribution in [0.5, 0.6) is 0 Å². The predicted molar refractivity (Wildman–Crippen MR) is 124 cm³/mol. The SMILES string of the molecule is C[C@@]1(C2CC2)NC(=O)N(CC(=O)N2CCN(C(c3ccc(F)cc3)c3ccc(F)cc3)CC2)C1=O. The van der Waals surface area contributed by atoms with Crippen LogP contribution in [0.1, 0.15) is 36.9 Å². The first kappa shape index (κ1) is 23.4. The maximum atomic E-state index is 13.5. The summed E-state index contributed by atoms with van der Waals surface area (Å²) < 4.78 is 27.1. The minimum absolute atomic E-state index is 0.137. The Balaban J connectivity index is 1.26. The van der Waals surface area contributed by atoms with Gasteiger partial charge in [-0.05, 0) is 61.1 Å². The average molecular weight is 483 g/mol. The van der Waals surface area contributed by atoms with Crippen LogP contribution >= 0.6 is 0 Å². The fraction of sp³-hybridized carbons (Fsp3) is 0.423. The molecule has 1 saturated carbocycles. The summed E-state index contributed by atoms with van der Waals surface area (Å²) in [6.07, 6.45) is 1.80. The van der Waals surface area contributed by atoms with Crippen molar-refractivity contribution in [1.82, 2.24) is 20.0 Å². The van der Waals surface area contributed by atoms with Crippen LogP contribution in [0, 0.1) is 17.6 Å². The summed E-state index contributed by atoms with van der Waals surface area (Å²) in [6, 6.07) is 11.7.